The molecule has 0 heterocycles. The zero-order chi connectivity index (χ0) is 23.6. The van der Waals surface area contributed by atoms with Crippen LogP contribution in [0.25, 0.3) is 5.57 Å². The predicted octanol–water partition coefficient (Wildman–Crippen LogP) is 7.14. The molecule has 4 aromatic carbocycles. The normalized spacial score (nSPS) is 16.0. The Kier molecular flexibility index (Phi) is 6.12. The summed E-state index contributed by atoms with van der Waals surface area (Å²) in [6, 6.07) is 41.4. The molecule has 170 valence electrons. The van der Waals surface area contributed by atoms with E-state index in [1.165, 1.54) is 32.6 Å². The quantitative estimate of drug-likeness (QED) is 0.288. The van der Waals surface area contributed by atoms with E-state index < -0.39 is 8.32 Å². The number of benzene rings is 4. The Morgan fingerprint density at radius 1 is 0.647 bits per heavy atom. The van der Waals surface area contributed by atoms with Crippen molar-refractivity contribution in [2.24, 2.45) is 0 Å². The highest BCUT2D eigenvalue weighted by molar-refractivity contribution is 6.99. The first-order valence-corrected chi connectivity index (χ1v) is 14.1. The van der Waals surface area contributed by atoms with Gasteiger partial charge in [-0.1, -0.05) is 142 Å². The van der Waals surface area contributed by atoms with Gasteiger partial charge in [-0.3, -0.25) is 0 Å². The summed E-state index contributed by atoms with van der Waals surface area (Å²) in [4.78, 5) is 0. The highest BCUT2D eigenvalue weighted by Gasteiger charge is 2.51. The molecule has 1 nitrogen and oxygen atoms in total. The SMILES string of the molecule is CC(C)(C)[Si](O[C@H]1CC=C(c2ccccc2)c2ccccc21)(c1ccccc1)c1ccccc1. The van der Waals surface area contributed by atoms with Crippen molar-refractivity contribution in [2.75, 3.05) is 0 Å². The van der Waals surface area contributed by atoms with E-state index >= 15 is 0 Å². The van der Waals surface area contributed by atoms with Gasteiger partial charge in [0.2, 0.25) is 0 Å². The molecule has 0 amide bonds. The lowest BCUT2D eigenvalue weighted by Crippen LogP contribution is -2.66. The summed E-state index contributed by atoms with van der Waals surface area (Å²) in [6.07, 6.45) is 3.25. The molecule has 0 bridgehead atoms. The van der Waals surface area contributed by atoms with Gasteiger partial charge in [-0.25, -0.2) is 0 Å². The summed E-state index contributed by atoms with van der Waals surface area (Å²) < 4.78 is 7.52. The molecule has 1 atom stereocenters. The maximum atomic E-state index is 7.52. The molecule has 5 rings (SSSR count). The molecule has 0 spiro atoms. The van der Waals surface area contributed by atoms with E-state index in [9.17, 15) is 0 Å². The second kappa shape index (κ2) is 9.21. The maximum Gasteiger partial charge on any atom is 0.261 e. The molecule has 4 aromatic rings. The van der Waals surface area contributed by atoms with E-state index in [4.69, 9.17) is 4.43 Å². The fourth-order valence-corrected chi connectivity index (χ4v) is 10.1. The van der Waals surface area contributed by atoms with Gasteiger partial charge in [0.1, 0.15) is 0 Å². The van der Waals surface area contributed by atoms with Crippen LogP contribution in [0.4, 0.5) is 0 Å². The van der Waals surface area contributed by atoms with Crippen LogP contribution in [0, 0.1) is 0 Å². The van der Waals surface area contributed by atoms with Crippen molar-refractivity contribution in [3.8, 4) is 0 Å². The minimum absolute atomic E-state index is 0.00923. The third kappa shape index (κ3) is 3.98. The Balaban J connectivity index is 1.65. The fourth-order valence-electron chi connectivity index (χ4n) is 5.39. The molecule has 0 fully saturated rings. The average molecular weight is 461 g/mol. The van der Waals surface area contributed by atoms with Crippen LogP contribution < -0.4 is 10.4 Å². The van der Waals surface area contributed by atoms with E-state index in [1.54, 1.807) is 0 Å². The largest absolute Gasteiger partial charge is 0.400 e. The van der Waals surface area contributed by atoms with Gasteiger partial charge in [0.25, 0.3) is 8.32 Å². The summed E-state index contributed by atoms with van der Waals surface area (Å²) in [5.74, 6) is 0. The lowest BCUT2D eigenvalue weighted by molar-refractivity contribution is 0.192. The molecule has 0 aromatic heterocycles. The first-order valence-electron chi connectivity index (χ1n) is 12.1. The first-order chi connectivity index (χ1) is 16.5. The van der Waals surface area contributed by atoms with Gasteiger partial charge in [0.05, 0.1) is 6.10 Å². The zero-order valence-corrected chi connectivity index (χ0v) is 21.2. The van der Waals surface area contributed by atoms with Crippen molar-refractivity contribution in [1.82, 2.24) is 0 Å². The van der Waals surface area contributed by atoms with Crippen LogP contribution in [-0.2, 0) is 4.43 Å². The van der Waals surface area contributed by atoms with E-state index in [0.717, 1.165) is 6.42 Å². The minimum Gasteiger partial charge on any atom is -0.400 e. The third-order valence-corrected chi connectivity index (χ3v) is 12.0. The fraction of sp³-hybridized carbons (Fsp3) is 0.188. The van der Waals surface area contributed by atoms with E-state index in [1.807, 2.05) is 0 Å². The number of fused-ring (bicyclic) bond motifs is 1. The molecule has 0 radical (unpaired) electrons. The zero-order valence-electron chi connectivity index (χ0n) is 20.2. The molecule has 1 aliphatic rings. The molecule has 0 unspecified atom stereocenters. The molecule has 2 heteroatoms. The standard InChI is InChI=1S/C32H32OSi/c1-32(2,3)34(26-17-9-5-10-18-26,27-19-11-6-12-20-27)33-31-24-23-28(25-15-7-4-8-16-25)29-21-13-14-22-30(29)31/h4-23,31H,24H2,1-3H3/t31-/m0/s1. The highest BCUT2D eigenvalue weighted by Crippen LogP contribution is 2.44. The summed E-state index contributed by atoms with van der Waals surface area (Å²) in [7, 11) is -2.64. The Hall–Kier alpha value is -3.20. The lowest BCUT2D eigenvalue weighted by atomic mass is 9.85. The van der Waals surface area contributed by atoms with Gasteiger partial charge in [-0.05, 0) is 44.1 Å². The van der Waals surface area contributed by atoms with Crippen LogP contribution in [0.3, 0.4) is 0 Å². The van der Waals surface area contributed by atoms with Crippen LogP contribution in [-0.4, -0.2) is 8.32 Å². The third-order valence-electron chi connectivity index (χ3n) is 6.95. The van der Waals surface area contributed by atoms with Crippen LogP contribution in [0.15, 0.2) is 121 Å². The Morgan fingerprint density at radius 3 is 1.71 bits per heavy atom. The molecule has 0 N–H and O–H groups in total. The van der Waals surface area contributed by atoms with Crippen LogP contribution in [0.5, 0.6) is 0 Å². The molecule has 0 aliphatic heterocycles. The number of hydrogen-bond donors (Lipinski definition) is 0. The Labute approximate surface area is 204 Å². The summed E-state index contributed by atoms with van der Waals surface area (Å²) in [6.45, 7) is 7.04. The van der Waals surface area contributed by atoms with Crippen molar-refractivity contribution >= 4 is 24.3 Å². The average Bonchev–Trinajstić information content (AvgIpc) is 2.88. The molecular formula is C32H32OSi. The topological polar surface area (TPSA) is 9.23 Å². The van der Waals surface area contributed by atoms with Crippen LogP contribution in [0.2, 0.25) is 5.04 Å². The maximum absolute atomic E-state index is 7.52. The minimum atomic E-state index is -2.64. The molecule has 0 saturated carbocycles. The summed E-state index contributed by atoms with van der Waals surface area (Å²) in [5, 5.41) is 2.60. The van der Waals surface area contributed by atoms with Gasteiger partial charge in [0.15, 0.2) is 0 Å². The number of hydrogen-bond acceptors (Lipinski definition) is 1. The van der Waals surface area contributed by atoms with Crippen molar-refractivity contribution in [2.45, 2.75) is 38.3 Å². The van der Waals surface area contributed by atoms with Crippen LogP contribution >= 0.6 is 0 Å². The first kappa shape index (κ1) is 22.6. The lowest BCUT2D eigenvalue weighted by Gasteiger charge is -2.46. The Morgan fingerprint density at radius 2 is 1.15 bits per heavy atom. The summed E-state index contributed by atoms with van der Waals surface area (Å²) in [5.41, 5.74) is 5.14. The van der Waals surface area contributed by atoms with Crippen molar-refractivity contribution < 1.29 is 4.43 Å². The number of rotatable bonds is 5. The van der Waals surface area contributed by atoms with E-state index in [2.05, 4.69) is 142 Å². The van der Waals surface area contributed by atoms with Gasteiger partial charge in [-0.15, -0.1) is 0 Å². The van der Waals surface area contributed by atoms with Crippen LogP contribution in [0.1, 0.15) is 50.0 Å². The monoisotopic (exact) mass is 460 g/mol. The second-order valence-electron chi connectivity index (χ2n) is 10.1. The van der Waals surface area contributed by atoms with Crippen molar-refractivity contribution in [3.05, 3.63) is 138 Å². The van der Waals surface area contributed by atoms with E-state index in [0.29, 0.717) is 0 Å². The van der Waals surface area contributed by atoms with Gasteiger partial charge >= 0.3 is 0 Å². The predicted molar refractivity (Wildman–Crippen MR) is 146 cm³/mol. The smallest absolute Gasteiger partial charge is 0.261 e. The van der Waals surface area contributed by atoms with Crippen molar-refractivity contribution in [3.63, 3.8) is 0 Å². The molecule has 1 aliphatic carbocycles. The summed E-state index contributed by atoms with van der Waals surface area (Å²) >= 11 is 0. The molecule has 34 heavy (non-hydrogen) atoms. The van der Waals surface area contributed by atoms with E-state index in [-0.39, 0.29) is 11.1 Å². The van der Waals surface area contributed by atoms with Gasteiger partial charge < -0.3 is 4.43 Å². The second-order valence-corrected chi connectivity index (χ2v) is 14.3. The van der Waals surface area contributed by atoms with Crippen molar-refractivity contribution in [1.29, 1.82) is 0 Å². The highest BCUT2D eigenvalue weighted by atomic mass is 28.4. The van der Waals surface area contributed by atoms with Gasteiger partial charge in [-0.2, -0.15) is 0 Å². The molecular weight excluding hydrogens is 428 g/mol. The Bertz CT molecular complexity index is 1230. The van der Waals surface area contributed by atoms with Gasteiger partial charge in [0, 0.05) is 0 Å². The molecule has 0 saturated heterocycles.